The number of carbonyl (C=O) groups is 1. The van der Waals surface area contributed by atoms with Gasteiger partial charge in [-0.2, -0.15) is 0 Å². The summed E-state index contributed by atoms with van der Waals surface area (Å²) in [6, 6.07) is 9.72. The van der Waals surface area contributed by atoms with E-state index in [0.717, 1.165) is 5.56 Å². The van der Waals surface area contributed by atoms with Crippen LogP contribution in [0.15, 0.2) is 41.3 Å². The van der Waals surface area contributed by atoms with E-state index in [1.54, 1.807) is 24.3 Å². The van der Waals surface area contributed by atoms with Gasteiger partial charge in [-0.05, 0) is 37.1 Å². The molecule has 2 rings (SSSR count). The van der Waals surface area contributed by atoms with E-state index in [2.05, 4.69) is 4.72 Å². The van der Waals surface area contributed by atoms with Crippen molar-refractivity contribution < 1.29 is 27.8 Å². The maximum absolute atomic E-state index is 12.9. The molecule has 0 aliphatic rings. The summed E-state index contributed by atoms with van der Waals surface area (Å²) in [5.41, 5.74) is 1.75. The minimum atomic E-state index is -3.94. The van der Waals surface area contributed by atoms with Gasteiger partial charge in [0.15, 0.2) is 11.5 Å². The van der Waals surface area contributed by atoms with Gasteiger partial charge in [-0.15, -0.1) is 0 Å². The van der Waals surface area contributed by atoms with Crippen LogP contribution in [0, 0.1) is 6.92 Å². The first kappa shape index (κ1) is 19.6. The molecular weight excluding hydrogens is 358 g/mol. The Labute approximate surface area is 152 Å². The number of rotatable bonds is 8. The highest BCUT2D eigenvalue weighted by Crippen LogP contribution is 2.34. The van der Waals surface area contributed by atoms with Crippen molar-refractivity contribution in [3.63, 3.8) is 0 Å². The number of ether oxygens (including phenoxy) is 2. The Morgan fingerprint density at radius 2 is 1.65 bits per heavy atom. The van der Waals surface area contributed by atoms with Gasteiger partial charge in [-0.25, -0.2) is 8.42 Å². The molecule has 0 atom stereocenters. The van der Waals surface area contributed by atoms with E-state index < -0.39 is 16.0 Å². The predicted octanol–water partition coefficient (Wildman–Crippen LogP) is 2.83. The van der Waals surface area contributed by atoms with Gasteiger partial charge in [0.1, 0.15) is 0 Å². The van der Waals surface area contributed by atoms with Gasteiger partial charge in [-0.1, -0.05) is 17.7 Å². The van der Waals surface area contributed by atoms with Gasteiger partial charge in [-0.3, -0.25) is 9.52 Å². The quantitative estimate of drug-likeness (QED) is 0.731. The number of anilines is 1. The third-order valence-corrected chi connectivity index (χ3v) is 5.23. The highest BCUT2D eigenvalue weighted by atomic mass is 32.2. The molecule has 0 aliphatic carbocycles. The summed E-state index contributed by atoms with van der Waals surface area (Å²) in [6.07, 6.45) is -0.164. The second-order valence-corrected chi connectivity index (χ2v) is 7.33. The van der Waals surface area contributed by atoms with E-state index in [-0.39, 0.29) is 23.5 Å². The van der Waals surface area contributed by atoms with Crippen molar-refractivity contribution in [2.45, 2.75) is 24.7 Å². The molecule has 0 spiro atoms. The summed E-state index contributed by atoms with van der Waals surface area (Å²) in [7, 11) is -1.11. The number of carboxylic acid groups (broad SMARTS) is 1. The normalized spacial score (nSPS) is 11.0. The van der Waals surface area contributed by atoms with E-state index in [9.17, 15) is 13.2 Å². The van der Waals surface area contributed by atoms with Gasteiger partial charge < -0.3 is 14.6 Å². The van der Waals surface area contributed by atoms with Gasteiger partial charge >= 0.3 is 5.97 Å². The molecule has 8 heteroatoms. The molecule has 0 aromatic heterocycles. The van der Waals surface area contributed by atoms with Crippen molar-refractivity contribution in [3.8, 4) is 11.5 Å². The third kappa shape index (κ3) is 4.66. The number of aliphatic carboxylic acids is 1. The third-order valence-electron chi connectivity index (χ3n) is 3.77. The first-order valence-corrected chi connectivity index (χ1v) is 9.31. The zero-order valence-corrected chi connectivity index (χ0v) is 15.6. The molecule has 7 nitrogen and oxygen atoms in total. The van der Waals surface area contributed by atoms with E-state index >= 15 is 0 Å². The minimum Gasteiger partial charge on any atom is -0.493 e. The average molecular weight is 379 g/mol. The Bertz CT molecular complexity index is 891. The van der Waals surface area contributed by atoms with Crippen LogP contribution in [0.3, 0.4) is 0 Å². The van der Waals surface area contributed by atoms with Crippen molar-refractivity contribution in [1.82, 2.24) is 0 Å². The highest BCUT2D eigenvalue weighted by Gasteiger charge is 2.23. The van der Waals surface area contributed by atoms with Crippen molar-refractivity contribution in [2.24, 2.45) is 0 Å². The SMILES string of the molecule is COc1cc(CCC(=O)O)c(S(=O)(=O)Nc2ccc(C)cc2)cc1OC. The van der Waals surface area contributed by atoms with Crippen LogP contribution in [-0.2, 0) is 21.2 Å². The van der Waals surface area contributed by atoms with Crippen LogP contribution in [0.5, 0.6) is 11.5 Å². The summed E-state index contributed by atoms with van der Waals surface area (Å²) < 4.78 is 38.6. The fraction of sp³-hybridized carbons (Fsp3) is 0.278. The Hall–Kier alpha value is -2.74. The molecule has 2 N–H and O–H groups in total. The zero-order chi connectivity index (χ0) is 19.3. The standard InChI is InChI=1S/C18H21NO6S/c1-12-4-7-14(8-5-12)19-26(22,23)17-11-16(25-3)15(24-2)10-13(17)6-9-18(20)21/h4-5,7-8,10-11,19H,6,9H2,1-3H3,(H,20,21). The molecule has 0 fully saturated rings. The topological polar surface area (TPSA) is 102 Å². The first-order chi connectivity index (χ1) is 12.3. The number of methoxy groups -OCH3 is 2. The number of nitrogens with one attached hydrogen (secondary N) is 1. The molecular formula is C18H21NO6S. The molecule has 140 valence electrons. The number of hydrogen-bond donors (Lipinski definition) is 2. The average Bonchev–Trinajstić information content (AvgIpc) is 2.60. The molecule has 0 saturated carbocycles. The zero-order valence-electron chi connectivity index (χ0n) is 14.8. The fourth-order valence-electron chi connectivity index (χ4n) is 2.42. The molecule has 0 bridgehead atoms. The molecule has 0 saturated heterocycles. The lowest BCUT2D eigenvalue weighted by Gasteiger charge is -2.16. The predicted molar refractivity (Wildman–Crippen MR) is 97.5 cm³/mol. The molecule has 26 heavy (non-hydrogen) atoms. The van der Waals surface area contributed by atoms with Crippen LogP contribution < -0.4 is 14.2 Å². The maximum Gasteiger partial charge on any atom is 0.303 e. The van der Waals surface area contributed by atoms with Crippen LogP contribution in [0.25, 0.3) is 0 Å². The number of aryl methyl sites for hydroxylation is 2. The Kier molecular flexibility index (Phi) is 6.10. The van der Waals surface area contributed by atoms with Crippen LogP contribution in [0.1, 0.15) is 17.5 Å². The molecule has 0 radical (unpaired) electrons. The Morgan fingerprint density at radius 3 is 2.19 bits per heavy atom. The summed E-state index contributed by atoms with van der Waals surface area (Å²) in [5.74, 6) is -0.437. The minimum absolute atomic E-state index is 0.0415. The summed E-state index contributed by atoms with van der Waals surface area (Å²) in [5, 5.41) is 8.94. The van der Waals surface area contributed by atoms with Crippen molar-refractivity contribution in [3.05, 3.63) is 47.5 Å². The van der Waals surface area contributed by atoms with Crippen molar-refractivity contribution in [2.75, 3.05) is 18.9 Å². The van der Waals surface area contributed by atoms with E-state index in [0.29, 0.717) is 17.0 Å². The Morgan fingerprint density at radius 1 is 1.08 bits per heavy atom. The Balaban J connectivity index is 2.49. The smallest absolute Gasteiger partial charge is 0.303 e. The van der Waals surface area contributed by atoms with Crippen molar-refractivity contribution >= 4 is 21.7 Å². The fourth-order valence-corrected chi connectivity index (χ4v) is 3.75. The lowest BCUT2D eigenvalue weighted by molar-refractivity contribution is -0.136. The lowest BCUT2D eigenvalue weighted by Crippen LogP contribution is -2.16. The molecule has 2 aromatic carbocycles. The van der Waals surface area contributed by atoms with Crippen LogP contribution in [0.2, 0.25) is 0 Å². The van der Waals surface area contributed by atoms with E-state index in [1.165, 1.54) is 26.4 Å². The largest absolute Gasteiger partial charge is 0.493 e. The highest BCUT2D eigenvalue weighted by molar-refractivity contribution is 7.92. The van der Waals surface area contributed by atoms with Crippen LogP contribution in [-0.4, -0.2) is 33.7 Å². The molecule has 0 unspecified atom stereocenters. The van der Waals surface area contributed by atoms with Crippen LogP contribution >= 0.6 is 0 Å². The molecule has 0 aliphatic heterocycles. The molecule has 0 amide bonds. The number of hydrogen-bond acceptors (Lipinski definition) is 5. The maximum atomic E-state index is 12.9. The molecule has 2 aromatic rings. The van der Waals surface area contributed by atoms with E-state index in [1.807, 2.05) is 6.92 Å². The van der Waals surface area contributed by atoms with Gasteiger partial charge in [0.2, 0.25) is 0 Å². The number of benzene rings is 2. The van der Waals surface area contributed by atoms with Crippen molar-refractivity contribution in [1.29, 1.82) is 0 Å². The second-order valence-electron chi connectivity index (χ2n) is 5.68. The summed E-state index contributed by atoms with van der Waals surface area (Å²) in [6.45, 7) is 1.90. The van der Waals surface area contributed by atoms with E-state index in [4.69, 9.17) is 14.6 Å². The number of sulfonamides is 1. The van der Waals surface area contributed by atoms with Crippen LogP contribution in [0.4, 0.5) is 5.69 Å². The van der Waals surface area contributed by atoms with Gasteiger partial charge in [0, 0.05) is 18.2 Å². The lowest BCUT2D eigenvalue weighted by atomic mass is 10.1. The second kappa shape index (κ2) is 8.09. The first-order valence-electron chi connectivity index (χ1n) is 7.83. The van der Waals surface area contributed by atoms with Gasteiger partial charge in [0.05, 0.1) is 19.1 Å². The summed E-state index contributed by atoms with van der Waals surface area (Å²) >= 11 is 0. The number of carboxylic acids is 1. The summed E-state index contributed by atoms with van der Waals surface area (Å²) in [4.78, 5) is 10.9. The van der Waals surface area contributed by atoms with Gasteiger partial charge in [0.25, 0.3) is 10.0 Å². The monoisotopic (exact) mass is 379 g/mol. The molecule has 0 heterocycles.